The molecule has 0 saturated carbocycles. The molecule has 7 nitrogen and oxygen atoms in total. The Morgan fingerprint density at radius 1 is 1.53 bits per heavy atom. The van der Waals surface area contributed by atoms with Crippen molar-refractivity contribution in [2.75, 3.05) is 6.54 Å². The molecule has 1 heterocycles. The van der Waals surface area contributed by atoms with Crippen LogP contribution in [-0.2, 0) is 14.3 Å². The van der Waals surface area contributed by atoms with Gasteiger partial charge in [-0.15, -0.1) is 0 Å². The van der Waals surface area contributed by atoms with Crippen molar-refractivity contribution in [3.8, 4) is 0 Å². The summed E-state index contributed by atoms with van der Waals surface area (Å²) in [5.41, 5.74) is -0.697. The number of carbonyl (C=O) groups excluding carboxylic acids is 2. The van der Waals surface area contributed by atoms with Crippen molar-refractivity contribution in [2.24, 2.45) is 5.92 Å². The van der Waals surface area contributed by atoms with Crippen LogP contribution in [-0.4, -0.2) is 41.3 Å². The van der Waals surface area contributed by atoms with Crippen LogP contribution in [0, 0.1) is 5.92 Å². The molecule has 1 aliphatic heterocycles. The highest BCUT2D eigenvalue weighted by atomic mass is 16.6. The topological polar surface area (TPSA) is 105 Å². The molecule has 0 radical (unpaired) electrons. The molecule has 108 valence electrons. The van der Waals surface area contributed by atoms with Gasteiger partial charge in [0.1, 0.15) is 11.6 Å². The van der Waals surface area contributed by atoms with Crippen molar-refractivity contribution in [1.29, 1.82) is 0 Å². The van der Waals surface area contributed by atoms with E-state index in [0.717, 1.165) is 0 Å². The van der Waals surface area contributed by atoms with Gasteiger partial charge in [-0.25, -0.2) is 9.59 Å². The number of amides is 2. The first-order chi connectivity index (χ1) is 8.69. The van der Waals surface area contributed by atoms with Gasteiger partial charge in [-0.1, -0.05) is 0 Å². The lowest BCUT2D eigenvalue weighted by atomic mass is 9.98. The van der Waals surface area contributed by atoms with Crippen LogP contribution < -0.4 is 10.6 Å². The molecule has 1 saturated heterocycles. The molecule has 0 aliphatic carbocycles. The summed E-state index contributed by atoms with van der Waals surface area (Å²) in [4.78, 5) is 34.0. The van der Waals surface area contributed by atoms with Crippen molar-refractivity contribution in [1.82, 2.24) is 10.6 Å². The minimum Gasteiger partial charge on any atom is -0.480 e. The zero-order chi connectivity index (χ0) is 14.6. The average molecular weight is 272 g/mol. The Bertz CT molecular complexity index is 375. The number of carboxylic acid groups (broad SMARTS) is 1. The van der Waals surface area contributed by atoms with Crippen LogP contribution >= 0.6 is 0 Å². The number of hydrogen-bond acceptors (Lipinski definition) is 4. The highest BCUT2D eigenvalue weighted by molar-refractivity contribution is 5.83. The van der Waals surface area contributed by atoms with Gasteiger partial charge in [0.2, 0.25) is 5.91 Å². The fourth-order valence-electron chi connectivity index (χ4n) is 1.83. The summed E-state index contributed by atoms with van der Waals surface area (Å²) in [6.45, 7) is 5.61. The lowest BCUT2D eigenvalue weighted by Gasteiger charge is -2.22. The van der Waals surface area contributed by atoms with E-state index in [1.807, 2.05) is 0 Å². The first-order valence-electron chi connectivity index (χ1n) is 6.19. The normalized spacial score (nSPS) is 20.6. The predicted octanol–water partition coefficient (Wildman–Crippen LogP) is 0.491. The first-order valence-corrected chi connectivity index (χ1v) is 6.19. The van der Waals surface area contributed by atoms with E-state index in [9.17, 15) is 14.4 Å². The third-order valence-electron chi connectivity index (χ3n) is 2.67. The summed E-state index contributed by atoms with van der Waals surface area (Å²) in [5.74, 6) is -1.72. The maximum atomic E-state index is 11.5. The second-order valence-electron chi connectivity index (χ2n) is 5.55. The third kappa shape index (κ3) is 5.15. The summed E-state index contributed by atoms with van der Waals surface area (Å²) in [6, 6.07) is -1.12. The van der Waals surface area contributed by atoms with E-state index >= 15 is 0 Å². The number of aliphatic carboxylic acids is 1. The molecule has 1 unspecified atom stereocenters. The lowest BCUT2D eigenvalue weighted by molar-refractivity contribution is -0.140. The van der Waals surface area contributed by atoms with Crippen LogP contribution in [0.3, 0.4) is 0 Å². The number of ether oxygens (including phenoxy) is 1. The van der Waals surface area contributed by atoms with Crippen molar-refractivity contribution >= 4 is 18.0 Å². The molecular weight excluding hydrogens is 252 g/mol. The minimum atomic E-state index is -1.18. The summed E-state index contributed by atoms with van der Waals surface area (Å²) in [5, 5.41) is 14.0. The van der Waals surface area contributed by atoms with Gasteiger partial charge in [0, 0.05) is 12.5 Å². The summed E-state index contributed by atoms with van der Waals surface area (Å²) >= 11 is 0. The summed E-state index contributed by atoms with van der Waals surface area (Å²) in [7, 11) is 0. The smallest absolute Gasteiger partial charge is 0.408 e. The van der Waals surface area contributed by atoms with Crippen molar-refractivity contribution in [2.45, 2.75) is 45.3 Å². The van der Waals surface area contributed by atoms with E-state index in [0.29, 0.717) is 13.0 Å². The predicted molar refractivity (Wildman–Crippen MR) is 66.5 cm³/mol. The van der Waals surface area contributed by atoms with Gasteiger partial charge in [-0.05, 0) is 33.6 Å². The Labute approximate surface area is 111 Å². The fourth-order valence-corrected chi connectivity index (χ4v) is 1.83. The van der Waals surface area contributed by atoms with Gasteiger partial charge < -0.3 is 20.5 Å². The lowest BCUT2D eigenvalue weighted by Crippen LogP contribution is -2.45. The van der Waals surface area contributed by atoms with E-state index in [-0.39, 0.29) is 18.2 Å². The maximum absolute atomic E-state index is 11.5. The SMILES string of the molecule is CC(C)(C)OC(=O)N[C@@H](CC1CCNC1=O)C(=O)O. The number of carbonyl (C=O) groups is 3. The molecule has 2 amide bonds. The van der Waals surface area contributed by atoms with Crippen molar-refractivity contribution < 1.29 is 24.2 Å². The molecule has 0 aromatic rings. The number of alkyl carbamates (subject to hydrolysis) is 1. The van der Waals surface area contributed by atoms with Gasteiger partial charge in [-0.3, -0.25) is 4.79 Å². The van der Waals surface area contributed by atoms with Crippen LogP contribution in [0.5, 0.6) is 0 Å². The van der Waals surface area contributed by atoms with E-state index in [4.69, 9.17) is 9.84 Å². The molecule has 0 aromatic heterocycles. The second-order valence-corrected chi connectivity index (χ2v) is 5.55. The van der Waals surface area contributed by atoms with Crippen molar-refractivity contribution in [3.63, 3.8) is 0 Å². The highest BCUT2D eigenvalue weighted by Crippen LogP contribution is 2.16. The van der Waals surface area contributed by atoms with E-state index in [1.165, 1.54) is 0 Å². The molecule has 0 bridgehead atoms. The summed E-state index contributed by atoms with van der Waals surface area (Å²) < 4.78 is 5.00. The zero-order valence-corrected chi connectivity index (χ0v) is 11.4. The van der Waals surface area contributed by atoms with Gasteiger partial charge in [-0.2, -0.15) is 0 Å². The van der Waals surface area contributed by atoms with Crippen LogP contribution in [0.25, 0.3) is 0 Å². The average Bonchev–Trinajstić information content (AvgIpc) is 2.60. The molecule has 1 fully saturated rings. The molecule has 1 aliphatic rings. The third-order valence-corrected chi connectivity index (χ3v) is 2.67. The standard InChI is InChI=1S/C12H20N2O5/c1-12(2,3)19-11(18)14-8(10(16)17)6-7-4-5-13-9(7)15/h7-8H,4-6H2,1-3H3,(H,13,15)(H,14,18)(H,16,17)/t7?,8-/m0/s1. The van der Waals surface area contributed by atoms with Gasteiger partial charge in [0.05, 0.1) is 0 Å². The van der Waals surface area contributed by atoms with Gasteiger partial charge >= 0.3 is 12.1 Å². The summed E-state index contributed by atoms with van der Waals surface area (Å²) in [6.07, 6.45) is -0.141. The molecule has 0 spiro atoms. The Morgan fingerprint density at radius 2 is 2.16 bits per heavy atom. The van der Waals surface area contributed by atoms with Crippen LogP contribution in [0.1, 0.15) is 33.6 Å². The number of rotatable bonds is 4. The second kappa shape index (κ2) is 5.90. The monoisotopic (exact) mass is 272 g/mol. The Balaban J connectivity index is 2.56. The molecule has 19 heavy (non-hydrogen) atoms. The van der Waals surface area contributed by atoms with Crippen LogP contribution in [0.15, 0.2) is 0 Å². The maximum Gasteiger partial charge on any atom is 0.408 e. The fraction of sp³-hybridized carbons (Fsp3) is 0.750. The largest absolute Gasteiger partial charge is 0.480 e. The van der Waals surface area contributed by atoms with Gasteiger partial charge in [0.25, 0.3) is 0 Å². The minimum absolute atomic E-state index is 0.0699. The molecule has 7 heteroatoms. The molecule has 3 N–H and O–H groups in total. The molecule has 0 aromatic carbocycles. The van der Waals surface area contributed by atoms with Crippen LogP contribution in [0.4, 0.5) is 4.79 Å². The first kappa shape index (κ1) is 15.3. The number of nitrogens with one attached hydrogen (secondary N) is 2. The van der Waals surface area contributed by atoms with E-state index in [2.05, 4.69) is 10.6 Å². The van der Waals surface area contributed by atoms with Crippen molar-refractivity contribution in [3.05, 3.63) is 0 Å². The molecular formula is C12H20N2O5. The van der Waals surface area contributed by atoms with Crippen LogP contribution in [0.2, 0.25) is 0 Å². The Kier molecular flexibility index (Phi) is 4.74. The Hall–Kier alpha value is -1.79. The van der Waals surface area contributed by atoms with Gasteiger partial charge in [0.15, 0.2) is 0 Å². The van der Waals surface area contributed by atoms with E-state index < -0.39 is 23.7 Å². The Morgan fingerprint density at radius 3 is 2.58 bits per heavy atom. The molecule has 2 atom stereocenters. The van der Waals surface area contributed by atoms with E-state index in [1.54, 1.807) is 20.8 Å². The number of hydrogen-bond donors (Lipinski definition) is 3. The highest BCUT2D eigenvalue weighted by Gasteiger charge is 2.32. The molecule has 1 rings (SSSR count). The zero-order valence-electron chi connectivity index (χ0n) is 11.4. The number of carboxylic acids is 1. The quantitative estimate of drug-likeness (QED) is 0.691.